The Morgan fingerprint density at radius 2 is 2.12 bits per heavy atom. The highest BCUT2D eigenvalue weighted by Gasteiger charge is 2.12. The highest BCUT2D eigenvalue weighted by molar-refractivity contribution is 7.88. The monoisotopic (exact) mass is 277 g/mol. The van der Waals surface area contributed by atoms with E-state index in [0.717, 1.165) is 23.7 Å². The van der Waals surface area contributed by atoms with E-state index in [1.54, 1.807) is 0 Å². The van der Waals surface area contributed by atoms with Crippen LogP contribution in [-0.2, 0) is 22.3 Å². The van der Waals surface area contributed by atoms with Crippen LogP contribution in [0.15, 0.2) is 0 Å². The number of hydrogen-bond acceptors (Lipinski definition) is 5. The van der Waals surface area contributed by atoms with Gasteiger partial charge in [0.1, 0.15) is 10.8 Å². The summed E-state index contributed by atoms with van der Waals surface area (Å²) in [5.41, 5.74) is 0.880. The number of sulfonamides is 1. The molecule has 5 nitrogen and oxygen atoms in total. The van der Waals surface area contributed by atoms with E-state index in [1.165, 1.54) is 11.3 Å². The van der Waals surface area contributed by atoms with Gasteiger partial charge < -0.3 is 5.32 Å². The maximum atomic E-state index is 11.0. The molecule has 17 heavy (non-hydrogen) atoms. The minimum absolute atomic E-state index is 0.178. The van der Waals surface area contributed by atoms with Crippen molar-refractivity contribution in [1.29, 1.82) is 0 Å². The summed E-state index contributed by atoms with van der Waals surface area (Å²) in [6.45, 7) is 7.82. The van der Waals surface area contributed by atoms with Gasteiger partial charge in [-0.25, -0.2) is 18.5 Å². The van der Waals surface area contributed by atoms with Crippen molar-refractivity contribution < 1.29 is 8.42 Å². The topological polar surface area (TPSA) is 85.1 Å². The van der Waals surface area contributed by atoms with E-state index < -0.39 is 10.0 Å². The molecule has 3 N–H and O–H groups in total. The molecule has 1 aromatic heterocycles. The average Bonchev–Trinajstić information content (AvgIpc) is 2.42. The van der Waals surface area contributed by atoms with Gasteiger partial charge in [-0.15, -0.1) is 11.3 Å². The van der Waals surface area contributed by atoms with E-state index in [4.69, 9.17) is 5.14 Å². The number of hydrogen-bond donors (Lipinski definition) is 2. The van der Waals surface area contributed by atoms with E-state index in [0.29, 0.717) is 10.9 Å². The second-order valence-corrected chi connectivity index (χ2v) is 7.23. The minimum Gasteiger partial charge on any atom is -0.312 e. The molecule has 0 unspecified atom stereocenters. The summed E-state index contributed by atoms with van der Waals surface area (Å²) in [4.78, 5) is 5.29. The van der Waals surface area contributed by atoms with Gasteiger partial charge in [0.25, 0.3) is 0 Å². The first-order valence-corrected chi connectivity index (χ1v) is 7.97. The van der Waals surface area contributed by atoms with Crippen molar-refractivity contribution in [1.82, 2.24) is 10.3 Å². The lowest BCUT2D eigenvalue weighted by Crippen LogP contribution is -2.18. The second-order valence-electron chi connectivity index (χ2n) is 4.45. The molecule has 0 saturated carbocycles. The van der Waals surface area contributed by atoms with E-state index in [9.17, 15) is 8.42 Å². The van der Waals surface area contributed by atoms with Crippen molar-refractivity contribution >= 4 is 21.4 Å². The maximum absolute atomic E-state index is 11.0. The third-order valence-corrected chi connectivity index (χ3v) is 4.12. The summed E-state index contributed by atoms with van der Waals surface area (Å²) in [6.07, 6.45) is 0. The Morgan fingerprint density at radius 1 is 1.47 bits per heavy atom. The summed E-state index contributed by atoms with van der Waals surface area (Å²) < 4.78 is 21.9. The number of rotatable bonds is 6. The molecule has 0 aliphatic heterocycles. The quantitative estimate of drug-likeness (QED) is 0.812. The molecule has 98 valence electrons. The van der Waals surface area contributed by atoms with Crippen LogP contribution in [0, 0.1) is 12.8 Å². The highest BCUT2D eigenvalue weighted by atomic mass is 32.2. The molecule has 0 spiro atoms. The predicted octanol–water partition coefficient (Wildman–Crippen LogP) is 0.986. The third kappa shape index (κ3) is 5.58. The van der Waals surface area contributed by atoms with Crippen LogP contribution in [0.4, 0.5) is 0 Å². The summed E-state index contributed by atoms with van der Waals surface area (Å²) in [7, 11) is -3.49. The standard InChI is InChI=1S/C10H19N3O2S2/c1-7(2)4-12-5-9-8(3)13-10(16-9)6-17(11,14)15/h7,12H,4-6H2,1-3H3,(H2,11,14,15). The minimum atomic E-state index is -3.49. The van der Waals surface area contributed by atoms with Crippen molar-refractivity contribution in [3.63, 3.8) is 0 Å². The Labute approximate surface area is 106 Å². The van der Waals surface area contributed by atoms with Crippen molar-refractivity contribution in [2.75, 3.05) is 6.54 Å². The molecule has 7 heteroatoms. The molecule has 0 amide bonds. The molecule has 1 rings (SSSR count). The normalized spacial score (nSPS) is 12.3. The van der Waals surface area contributed by atoms with Gasteiger partial charge in [0, 0.05) is 11.4 Å². The van der Waals surface area contributed by atoms with Crippen LogP contribution in [0.2, 0.25) is 0 Å². The maximum Gasteiger partial charge on any atom is 0.215 e. The van der Waals surface area contributed by atoms with Gasteiger partial charge in [0.2, 0.25) is 10.0 Å². The summed E-state index contributed by atoms with van der Waals surface area (Å²) >= 11 is 1.41. The van der Waals surface area contributed by atoms with Crippen molar-refractivity contribution in [3.8, 4) is 0 Å². The summed E-state index contributed by atoms with van der Waals surface area (Å²) in [5.74, 6) is 0.412. The van der Waals surface area contributed by atoms with E-state index in [1.807, 2.05) is 6.92 Å². The average molecular weight is 277 g/mol. The largest absolute Gasteiger partial charge is 0.312 e. The number of aryl methyl sites for hydroxylation is 1. The molecule has 0 aromatic carbocycles. The molecule has 0 radical (unpaired) electrons. The van der Waals surface area contributed by atoms with Gasteiger partial charge in [-0.1, -0.05) is 13.8 Å². The van der Waals surface area contributed by atoms with Gasteiger partial charge in [0.15, 0.2) is 0 Å². The Morgan fingerprint density at radius 3 is 2.65 bits per heavy atom. The number of primary sulfonamides is 1. The smallest absolute Gasteiger partial charge is 0.215 e. The Bertz CT molecular complexity index is 466. The number of nitrogens with two attached hydrogens (primary N) is 1. The first-order valence-electron chi connectivity index (χ1n) is 5.44. The van der Waals surface area contributed by atoms with Gasteiger partial charge in [0.05, 0.1) is 5.69 Å². The number of nitrogens with zero attached hydrogens (tertiary/aromatic N) is 1. The van der Waals surface area contributed by atoms with Gasteiger partial charge in [-0.05, 0) is 19.4 Å². The number of thiazole rings is 1. The molecule has 0 atom stereocenters. The highest BCUT2D eigenvalue weighted by Crippen LogP contribution is 2.19. The molecule has 0 aliphatic carbocycles. The molecule has 0 bridgehead atoms. The molecule has 1 heterocycles. The van der Waals surface area contributed by atoms with Crippen LogP contribution in [0.25, 0.3) is 0 Å². The lowest BCUT2D eigenvalue weighted by Gasteiger charge is -2.05. The third-order valence-electron chi connectivity index (χ3n) is 2.10. The first kappa shape index (κ1) is 14.6. The Hall–Kier alpha value is -0.500. The fraction of sp³-hybridized carbons (Fsp3) is 0.700. The lowest BCUT2D eigenvalue weighted by molar-refractivity contribution is 0.554. The van der Waals surface area contributed by atoms with Crippen LogP contribution >= 0.6 is 11.3 Å². The summed E-state index contributed by atoms with van der Waals surface area (Å²) in [5, 5.41) is 8.86. The van der Waals surface area contributed by atoms with E-state index >= 15 is 0 Å². The second kappa shape index (κ2) is 5.90. The molecule has 1 aromatic rings. The van der Waals surface area contributed by atoms with Crippen LogP contribution in [-0.4, -0.2) is 19.9 Å². The van der Waals surface area contributed by atoms with Gasteiger partial charge in [-0.2, -0.15) is 0 Å². The SMILES string of the molecule is Cc1nc(CS(N)(=O)=O)sc1CNCC(C)C. The van der Waals surface area contributed by atoms with Crippen molar-refractivity contribution in [3.05, 3.63) is 15.6 Å². The van der Waals surface area contributed by atoms with E-state index in [-0.39, 0.29) is 5.75 Å². The zero-order valence-corrected chi connectivity index (χ0v) is 12.0. The van der Waals surface area contributed by atoms with Crippen molar-refractivity contribution in [2.24, 2.45) is 11.1 Å². The van der Waals surface area contributed by atoms with Crippen molar-refractivity contribution in [2.45, 2.75) is 33.1 Å². The number of aromatic nitrogens is 1. The summed E-state index contributed by atoms with van der Waals surface area (Å²) in [6, 6.07) is 0. The van der Waals surface area contributed by atoms with Crippen LogP contribution in [0.5, 0.6) is 0 Å². The predicted molar refractivity (Wildman–Crippen MR) is 70.2 cm³/mol. The van der Waals surface area contributed by atoms with Gasteiger partial charge in [-0.3, -0.25) is 0 Å². The van der Waals surface area contributed by atoms with Gasteiger partial charge >= 0.3 is 0 Å². The fourth-order valence-corrected chi connectivity index (χ4v) is 3.33. The zero-order valence-electron chi connectivity index (χ0n) is 10.4. The van der Waals surface area contributed by atoms with Crippen LogP contribution in [0.3, 0.4) is 0 Å². The zero-order chi connectivity index (χ0) is 13.1. The first-order chi connectivity index (χ1) is 7.78. The fourth-order valence-electron chi connectivity index (χ4n) is 1.36. The molecule has 0 aliphatic rings. The molecular weight excluding hydrogens is 258 g/mol. The van der Waals surface area contributed by atoms with E-state index in [2.05, 4.69) is 24.1 Å². The molecule has 0 fully saturated rings. The molecular formula is C10H19N3O2S2. The number of nitrogens with one attached hydrogen (secondary N) is 1. The Balaban J connectivity index is 2.62. The van der Waals surface area contributed by atoms with Crippen LogP contribution < -0.4 is 10.5 Å². The molecule has 0 saturated heterocycles. The lowest BCUT2D eigenvalue weighted by atomic mass is 10.2. The Kier molecular flexibility index (Phi) is 5.05. The van der Waals surface area contributed by atoms with Crippen LogP contribution in [0.1, 0.15) is 29.4 Å².